The molecule has 0 radical (unpaired) electrons. The Labute approximate surface area is 224 Å². The summed E-state index contributed by atoms with van der Waals surface area (Å²) in [5, 5.41) is 20.3. The van der Waals surface area contributed by atoms with Gasteiger partial charge in [-0.25, -0.2) is 4.98 Å². The highest BCUT2D eigenvalue weighted by Crippen LogP contribution is 2.38. The first-order chi connectivity index (χ1) is 17.7. The molecular weight excluding hydrogens is 474 g/mol. The molecule has 0 saturated heterocycles. The van der Waals surface area contributed by atoms with Gasteiger partial charge in [0, 0.05) is 29.6 Å². The Kier molecular flexibility index (Phi) is 7.94. The quantitative estimate of drug-likeness (QED) is 0.241. The fourth-order valence-electron chi connectivity index (χ4n) is 4.76. The summed E-state index contributed by atoms with van der Waals surface area (Å²) in [6, 6.07) is 18.4. The first kappa shape index (κ1) is 26.4. The molecule has 37 heavy (non-hydrogen) atoms. The van der Waals surface area contributed by atoms with E-state index in [1.54, 1.807) is 11.3 Å². The molecule has 0 aliphatic carbocycles. The smallest absolute Gasteiger partial charge is 0.127 e. The minimum absolute atomic E-state index is 0.129. The van der Waals surface area contributed by atoms with Crippen molar-refractivity contribution in [2.75, 3.05) is 0 Å². The van der Waals surface area contributed by atoms with E-state index in [0.717, 1.165) is 45.2 Å². The van der Waals surface area contributed by atoms with Crippen LogP contribution in [-0.4, -0.2) is 14.8 Å². The van der Waals surface area contributed by atoms with E-state index in [4.69, 9.17) is 15.3 Å². The average Bonchev–Trinajstić information content (AvgIpc) is 3.50. The van der Waals surface area contributed by atoms with Gasteiger partial charge in [0.1, 0.15) is 5.01 Å². The van der Waals surface area contributed by atoms with E-state index in [-0.39, 0.29) is 5.54 Å². The molecule has 0 unspecified atom stereocenters. The Morgan fingerprint density at radius 1 is 1.14 bits per heavy atom. The summed E-state index contributed by atoms with van der Waals surface area (Å²) in [6.45, 7) is 16.0. The highest BCUT2D eigenvalue weighted by molar-refractivity contribution is 7.13. The van der Waals surface area contributed by atoms with E-state index in [0.29, 0.717) is 24.4 Å². The number of nitrogens with one attached hydrogen (secondary N) is 1. The lowest BCUT2D eigenvalue weighted by atomic mass is 9.92. The van der Waals surface area contributed by atoms with Crippen LogP contribution < -0.4 is 5.32 Å². The Hall–Kier alpha value is -3.69. The number of nitriles is 1. The van der Waals surface area contributed by atoms with Crippen LogP contribution in [0.5, 0.6) is 0 Å². The second-order valence-corrected chi connectivity index (χ2v) is 11.5. The number of nitrogens with zero attached hydrogens (tertiary/aromatic N) is 4. The van der Waals surface area contributed by atoms with Crippen molar-refractivity contribution >= 4 is 11.3 Å². The van der Waals surface area contributed by atoms with Crippen molar-refractivity contribution in [1.29, 1.82) is 5.26 Å². The molecule has 1 N–H and O–H groups in total. The molecule has 0 amide bonds. The zero-order chi connectivity index (χ0) is 26.6. The molecule has 5 nitrogen and oxygen atoms in total. The Balaban J connectivity index is 1.56. The van der Waals surface area contributed by atoms with Crippen molar-refractivity contribution < 1.29 is 0 Å². The van der Waals surface area contributed by atoms with Crippen LogP contribution in [0.3, 0.4) is 0 Å². The summed E-state index contributed by atoms with van der Waals surface area (Å²) in [4.78, 5) is 4.99. The van der Waals surface area contributed by atoms with Gasteiger partial charge >= 0.3 is 0 Å². The molecule has 0 atom stereocenters. The van der Waals surface area contributed by atoms with Gasteiger partial charge < -0.3 is 5.32 Å². The van der Waals surface area contributed by atoms with Crippen LogP contribution in [-0.2, 0) is 18.5 Å². The molecule has 0 spiro atoms. The van der Waals surface area contributed by atoms with E-state index in [9.17, 15) is 0 Å². The maximum absolute atomic E-state index is 8.97. The fraction of sp³-hybridized carbons (Fsp3) is 0.323. The number of benzene rings is 2. The predicted molar refractivity (Wildman–Crippen MR) is 153 cm³/mol. The van der Waals surface area contributed by atoms with Gasteiger partial charge in [-0.3, -0.25) is 4.68 Å². The van der Waals surface area contributed by atoms with Gasteiger partial charge in [0.2, 0.25) is 0 Å². The van der Waals surface area contributed by atoms with Gasteiger partial charge in [0.15, 0.2) is 0 Å². The minimum Gasteiger partial charge on any atom is -0.384 e. The van der Waals surface area contributed by atoms with Crippen LogP contribution in [0.2, 0.25) is 0 Å². The standard InChI is InChI=1S/C31H35N5S/c1-21(2)16-31(5,6)36-29(26-13-7-22(3)8-14-26)28(19-34-36)30-35-27(20-37-30)15-23(4)33-18-25-11-9-24(17-32)10-12-25/h7-14,19-21,33H,4,15-16,18H2,1-3,5-6H3. The molecule has 6 heteroatoms. The Morgan fingerprint density at radius 2 is 1.84 bits per heavy atom. The van der Waals surface area contributed by atoms with Crippen molar-refractivity contribution in [1.82, 2.24) is 20.1 Å². The maximum atomic E-state index is 8.97. The third-order valence-corrected chi connectivity index (χ3v) is 7.30. The van der Waals surface area contributed by atoms with Crippen LogP contribution in [0.25, 0.3) is 21.8 Å². The molecule has 2 aromatic carbocycles. The van der Waals surface area contributed by atoms with Gasteiger partial charge in [-0.15, -0.1) is 11.3 Å². The summed E-state index contributed by atoms with van der Waals surface area (Å²) in [6.07, 6.45) is 3.65. The van der Waals surface area contributed by atoms with Crippen molar-refractivity contribution in [3.05, 3.63) is 94.8 Å². The number of aryl methyl sites for hydroxylation is 1. The van der Waals surface area contributed by atoms with Crippen LogP contribution in [0, 0.1) is 24.2 Å². The van der Waals surface area contributed by atoms with Crippen LogP contribution in [0.15, 0.2) is 72.4 Å². The average molecular weight is 510 g/mol. The van der Waals surface area contributed by atoms with Crippen LogP contribution in [0.4, 0.5) is 0 Å². The maximum Gasteiger partial charge on any atom is 0.127 e. The first-order valence-electron chi connectivity index (χ1n) is 12.7. The third-order valence-electron chi connectivity index (χ3n) is 6.38. The topological polar surface area (TPSA) is 66.5 Å². The normalized spacial score (nSPS) is 11.5. The molecule has 0 fully saturated rings. The second kappa shape index (κ2) is 11.1. The summed E-state index contributed by atoms with van der Waals surface area (Å²) in [5.74, 6) is 0.558. The van der Waals surface area contributed by atoms with E-state index in [2.05, 4.69) is 86.9 Å². The molecule has 4 aromatic rings. The number of aromatic nitrogens is 3. The molecule has 2 aromatic heterocycles. The SMILES string of the molecule is C=C(Cc1csc(-c2cnn(C(C)(C)CC(C)C)c2-c2ccc(C)cc2)n1)NCc1ccc(C#N)cc1. The lowest BCUT2D eigenvalue weighted by Crippen LogP contribution is -2.30. The van der Waals surface area contributed by atoms with Gasteiger partial charge in [0.05, 0.1) is 40.3 Å². The highest BCUT2D eigenvalue weighted by Gasteiger charge is 2.28. The Morgan fingerprint density at radius 3 is 2.49 bits per heavy atom. The van der Waals surface area contributed by atoms with Gasteiger partial charge in [-0.1, -0.05) is 62.4 Å². The predicted octanol–water partition coefficient (Wildman–Crippen LogP) is 7.48. The summed E-state index contributed by atoms with van der Waals surface area (Å²) >= 11 is 1.65. The molecule has 4 rings (SSSR count). The molecule has 2 heterocycles. The summed E-state index contributed by atoms with van der Waals surface area (Å²) in [7, 11) is 0. The summed E-state index contributed by atoms with van der Waals surface area (Å²) < 4.78 is 2.19. The monoisotopic (exact) mass is 509 g/mol. The second-order valence-electron chi connectivity index (χ2n) is 10.7. The molecule has 190 valence electrons. The van der Waals surface area contributed by atoms with Crippen molar-refractivity contribution in [2.24, 2.45) is 5.92 Å². The largest absolute Gasteiger partial charge is 0.384 e. The zero-order valence-corrected chi connectivity index (χ0v) is 23.2. The van der Waals surface area contributed by atoms with Crippen molar-refractivity contribution in [2.45, 2.75) is 59.5 Å². The number of hydrogen-bond acceptors (Lipinski definition) is 5. The fourth-order valence-corrected chi connectivity index (χ4v) is 5.59. The lowest BCUT2D eigenvalue weighted by molar-refractivity contribution is 0.262. The summed E-state index contributed by atoms with van der Waals surface area (Å²) in [5.41, 5.74) is 8.11. The number of hydrogen-bond donors (Lipinski definition) is 1. The van der Waals surface area contributed by atoms with Crippen molar-refractivity contribution in [3.63, 3.8) is 0 Å². The Bertz CT molecular complexity index is 1400. The number of rotatable bonds is 10. The van der Waals surface area contributed by atoms with E-state index in [1.807, 2.05) is 30.5 Å². The van der Waals surface area contributed by atoms with Gasteiger partial charge in [-0.2, -0.15) is 10.4 Å². The number of thiazole rings is 1. The van der Waals surface area contributed by atoms with Crippen LogP contribution in [0.1, 0.15) is 56.5 Å². The molecular formula is C31H35N5S. The van der Waals surface area contributed by atoms with E-state index < -0.39 is 0 Å². The minimum atomic E-state index is -0.129. The highest BCUT2D eigenvalue weighted by atomic mass is 32.1. The third kappa shape index (κ3) is 6.36. The van der Waals surface area contributed by atoms with E-state index >= 15 is 0 Å². The van der Waals surface area contributed by atoms with Crippen molar-refractivity contribution in [3.8, 4) is 27.9 Å². The number of allylic oxidation sites excluding steroid dienone is 1. The van der Waals surface area contributed by atoms with Gasteiger partial charge in [0.25, 0.3) is 0 Å². The lowest BCUT2D eigenvalue weighted by Gasteiger charge is -2.29. The van der Waals surface area contributed by atoms with E-state index in [1.165, 1.54) is 5.56 Å². The first-order valence-corrected chi connectivity index (χ1v) is 13.6. The van der Waals surface area contributed by atoms with Gasteiger partial charge in [-0.05, 0) is 50.8 Å². The van der Waals surface area contributed by atoms with Crippen LogP contribution >= 0.6 is 11.3 Å². The molecule has 0 aliphatic rings. The molecule has 0 saturated carbocycles. The molecule has 0 bridgehead atoms. The molecule has 0 aliphatic heterocycles. The zero-order valence-electron chi connectivity index (χ0n) is 22.4.